The van der Waals surface area contributed by atoms with Gasteiger partial charge in [0.05, 0.1) is 6.61 Å². The van der Waals surface area contributed by atoms with E-state index in [0.29, 0.717) is 13.0 Å². The lowest BCUT2D eigenvalue weighted by atomic mass is 9.82. The molecule has 1 aliphatic carbocycles. The Morgan fingerprint density at radius 3 is 2.42 bits per heavy atom. The van der Waals surface area contributed by atoms with E-state index in [0.717, 1.165) is 50.0 Å². The number of hydrogen-bond acceptors (Lipinski definition) is 3. The van der Waals surface area contributed by atoms with Crippen molar-refractivity contribution < 1.29 is 9.53 Å². The number of unbranched alkanes of at least 4 members (excludes halogenated alkanes) is 3. The predicted molar refractivity (Wildman–Crippen MR) is 98.1 cm³/mol. The first-order chi connectivity index (χ1) is 11.7. The number of likely N-dealkylation sites (tertiary alicyclic amines) is 1. The Morgan fingerprint density at radius 1 is 1.12 bits per heavy atom. The van der Waals surface area contributed by atoms with Crippen molar-refractivity contribution in [3.05, 3.63) is 0 Å². The van der Waals surface area contributed by atoms with Crippen LogP contribution in [0.1, 0.15) is 64.7 Å². The van der Waals surface area contributed by atoms with E-state index in [2.05, 4.69) is 15.2 Å². The van der Waals surface area contributed by atoms with Gasteiger partial charge in [-0.25, -0.2) is 0 Å². The SMILES string of the molecule is CCOC(=O)CCCCCCNC(=NC)N1CC2CCCCC2C1. The van der Waals surface area contributed by atoms with E-state index in [1.165, 1.54) is 38.8 Å². The highest BCUT2D eigenvalue weighted by atomic mass is 16.5. The second kappa shape index (κ2) is 10.6. The molecule has 0 aromatic carbocycles. The zero-order valence-electron chi connectivity index (χ0n) is 15.6. The van der Waals surface area contributed by atoms with Crippen LogP contribution < -0.4 is 5.32 Å². The largest absolute Gasteiger partial charge is 0.466 e. The third-order valence-corrected chi connectivity index (χ3v) is 5.38. The normalized spacial score (nSPS) is 23.9. The highest BCUT2D eigenvalue weighted by molar-refractivity contribution is 5.80. The summed E-state index contributed by atoms with van der Waals surface area (Å²) in [6.45, 7) is 5.68. The van der Waals surface area contributed by atoms with Crippen molar-refractivity contribution in [3.8, 4) is 0 Å². The molecule has 0 bridgehead atoms. The second-order valence-electron chi connectivity index (χ2n) is 7.15. The summed E-state index contributed by atoms with van der Waals surface area (Å²) < 4.78 is 4.94. The molecule has 1 saturated heterocycles. The van der Waals surface area contributed by atoms with Crippen LogP contribution in [0.4, 0.5) is 0 Å². The lowest BCUT2D eigenvalue weighted by Gasteiger charge is -2.22. The van der Waals surface area contributed by atoms with Gasteiger partial charge < -0.3 is 15.0 Å². The maximum atomic E-state index is 11.3. The van der Waals surface area contributed by atoms with E-state index in [9.17, 15) is 4.79 Å². The molecule has 0 spiro atoms. The van der Waals surface area contributed by atoms with Crippen molar-refractivity contribution in [2.75, 3.05) is 33.3 Å². The summed E-state index contributed by atoms with van der Waals surface area (Å²) in [4.78, 5) is 18.2. The van der Waals surface area contributed by atoms with Crippen LogP contribution in [0, 0.1) is 11.8 Å². The quantitative estimate of drug-likeness (QED) is 0.320. The molecule has 0 aromatic heterocycles. The summed E-state index contributed by atoms with van der Waals surface area (Å²) in [6, 6.07) is 0. The third kappa shape index (κ3) is 5.99. The first kappa shape index (κ1) is 19.1. The van der Waals surface area contributed by atoms with Crippen molar-refractivity contribution in [1.82, 2.24) is 10.2 Å². The molecule has 0 radical (unpaired) electrons. The van der Waals surface area contributed by atoms with Gasteiger partial charge in [-0.15, -0.1) is 0 Å². The third-order valence-electron chi connectivity index (χ3n) is 5.38. The average molecular weight is 338 g/mol. The van der Waals surface area contributed by atoms with E-state index in [1.807, 2.05) is 14.0 Å². The summed E-state index contributed by atoms with van der Waals surface area (Å²) in [6.07, 6.45) is 10.5. The van der Waals surface area contributed by atoms with Crippen LogP contribution in [-0.2, 0) is 9.53 Å². The highest BCUT2D eigenvalue weighted by Gasteiger charge is 2.35. The minimum atomic E-state index is -0.0634. The Morgan fingerprint density at radius 2 is 1.79 bits per heavy atom. The smallest absolute Gasteiger partial charge is 0.305 e. The summed E-state index contributed by atoms with van der Waals surface area (Å²) in [5.41, 5.74) is 0. The Labute approximate surface area is 147 Å². The van der Waals surface area contributed by atoms with E-state index >= 15 is 0 Å². The molecule has 2 atom stereocenters. The van der Waals surface area contributed by atoms with Crippen LogP contribution in [0.2, 0.25) is 0 Å². The first-order valence-corrected chi connectivity index (χ1v) is 9.85. The number of fused-ring (bicyclic) bond motifs is 1. The number of hydrogen-bond donors (Lipinski definition) is 1. The molecule has 1 N–H and O–H groups in total. The Bertz CT molecular complexity index is 397. The number of nitrogens with zero attached hydrogens (tertiary/aromatic N) is 2. The lowest BCUT2D eigenvalue weighted by molar-refractivity contribution is -0.143. The van der Waals surface area contributed by atoms with Crippen LogP contribution in [0.3, 0.4) is 0 Å². The Balaban J connectivity index is 1.55. The summed E-state index contributed by atoms with van der Waals surface area (Å²) in [5, 5.41) is 3.53. The molecule has 5 nitrogen and oxygen atoms in total. The topological polar surface area (TPSA) is 53.9 Å². The molecular formula is C19H35N3O2. The number of esters is 1. The van der Waals surface area contributed by atoms with Crippen LogP contribution in [0.25, 0.3) is 0 Å². The van der Waals surface area contributed by atoms with Gasteiger partial charge in [0.25, 0.3) is 0 Å². The molecule has 2 unspecified atom stereocenters. The van der Waals surface area contributed by atoms with Gasteiger partial charge >= 0.3 is 5.97 Å². The molecule has 2 fully saturated rings. The highest BCUT2D eigenvalue weighted by Crippen LogP contribution is 2.35. The minimum Gasteiger partial charge on any atom is -0.466 e. The van der Waals surface area contributed by atoms with Crippen molar-refractivity contribution in [3.63, 3.8) is 0 Å². The molecule has 24 heavy (non-hydrogen) atoms. The zero-order chi connectivity index (χ0) is 17.2. The number of rotatable bonds is 8. The van der Waals surface area contributed by atoms with Crippen molar-refractivity contribution >= 4 is 11.9 Å². The van der Waals surface area contributed by atoms with Gasteiger partial charge in [0.15, 0.2) is 5.96 Å². The van der Waals surface area contributed by atoms with Gasteiger partial charge in [0.1, 0.15) is 0 Å². The first-order valence-electron chi connectivity index (χ1n) is 9.85. The van der Waals surface area contributed by atoms with E-state index in [-0.39, 0.29) is 5.97 Å². The monoisotopic (exact) mass is 337 g/mol. The molecule has 2 rings (SSSR count). The fourth-order valence-electron chi connectivity index (χ4n) is 4.09. The number of guanidine groups is 1. The maximum absolute atomic E-state index is 11.3. The van der Waals surface area contributed by atoms with Gasteiger partial charge in [0, 0.05) is 33.1 Å². The molecule has 1 aliphatic heterocycles. The Hall–Kier alpha value is -1.26. The maximum Gasteiger partial charge on any atom is 0.305 e. The standard InChI is InChI=1S/C19H35N3O2/c1-3-24-18(23)12-6-4-5-9-13-21-19(20-2)22-14-16-10-7-8-11-17(16)15-22/h16-17H,3-15H2,1-2H3,(H,20,21). The fraction of sp³-hybridized carbons (Fsp3) is 0.895. The van der Waals surface area contributed by atoms with Crippen LogP contribution in [-0.4, -0.2) is 50.1 Å². The number of aliphatic imine (C=N–C) groups is 1. The van der Waals surface area contributed by atoms with Gasteiger partial charge in [0.2, 0.25) is 0 Å². The van der Waals surface area contributed by atoms with Gasteiger partial charge in [-0.2, -0.15) is 0 Å². The van der Waals surface area contributed by atoms with Crippen molar-refractivity contribution in [1.29, 1.82) is 0 Å². The van der Waals surface area contributed by atoms with Crippen molar-refractivity contribution in [2.45, 2.75) is 64.7 Å². The van der Waals surface area contributed by atoms with Crippen LogP contribution in [0.15, 0.2) is 4.99 Å². The summed E-state index contributed by atoms with van der Waals surface area (Å²) in [5.74, 6) is 2.79. The van der Waals surface area contributed by atoms with Gasteiger partial charge in [-0.05, 0) is 44.4 Å². The average Bonchev–Trinajstić information content (AvgIpc) is 3.01. The molecule has 5 heteroatoms. The molecule has 2 aliphatic rings. The van der Waals surface area contributed by atoms with Crippen molar-refractivity contribution in [2.24, 2.45) is 16.8 Å². The number of nitrogens with one attached hydrogen (secondary N) is 1. The zero-order valence-corrected chi connectivity index (χ0v) is 15.6. The minimum absolute atomic E-state index is 0.0634. The van der Waals surface area contributed by atoms with E-state index < -0.39 is 0 Å². The number of carbonyl (C=O) groups is 1. The second-order valence-corrected chi connectivity index (χ2v) is 7.15. The molecule has 1 heterocycles. The molecule has 0 amide bonds. The molecule has 138 valence electrons. The number of ether oxygens (including phenoxy) is 1. The fourth-order valence-corrected chi connectivity index (χ4v) is 4.09. The summed E-state index contributed by atoms with van der Waals surface area (Å²) in [7, 11) is 1.89. The lowest BCUT2D eigenvalue weighted by Crippen LogP contribution is -2.40. The number of carbonyl (C=O) groups excluding carboxylic acids is 1. The Kier molecular flexibility index (Phi) is 8.40. The van der Waals surface area contributed by atoms with Crippen LogP contribution in [0.5, 0.6) is 0 Å². The van der Waals surface area contributed by atoms with Gasteiger partial charge in [-0.1, -0.05) is 25.7 Å². The molecular weight excluding hydrogens is 302 g/mol. The molecule has 1 saturated carbocycles. The predicted octanol–water partition coefficient (Wildman–Crippen LogP) is 3.20. The molecule has 0 aromatic rings. The van der Waals surface area contributed by atoms with E-state index in [1.54, 1.807) is 0 Å². The van der Waals surface area contributed by atoms with Crippen LogP contribution >= 0.6 is 0 Å². The van der Waals surface area contributed by atoms with E-state index in [4.69, 9.17) is 4.74 Å². The van der Waals surface area contributed by atoms with Gasteiger partial charge in [-0.3, -0.25) is 9.79 Å². The summed E-state index contributed by atoms with van der Waals surface area (Å²) >= 11 is 0.